The molecule has 4 heteroatoms. The van der Waals surface area contributed by atoms with Gasteiger partial charge in [0.15, 0.2) is 0 Å². The van der Waals surface area contributed by atoms with E-state index in [0.29, 0.717) is 12.0 Å². The lowest BCUT2D eigenvalue weighted by Crippen LogP contribution is -2.39. The Hall–Kier alpha value is -1.65. The monoisotopic (exact) mass is 368 g/mol. The molecule has 2 heterocycles. The number of anilines is 1. The van der Waals surface area contributed by atoms with E-state index >= 15 is 0 Å². The van der Waals surface area contributed by atoms with Crippen LogP contribution in [0.3, 0.4) is 0 Å². The Labute approximate surface area is 165 Å². The number of nitrogens with one attached hydrogen (secondary N) is 1. The van der Waals surface area contributed by atoms with Crippen molar-refractivity contribution in [3.05, 3.63) is 35.9 Å². The molecule has 3 rings (SSSR count). The summed E-state index contributed by atoms with van der Waals surface area (Å²) in [5.74, 6) is 1.90. The summed E-state index contributed by atoms with van der Waals surface area (Å²) in [6, 6.07) is 11.4. The van der Waals surface area contributed by atoms with E-state index in [1.165, 1.54) is 42.5 Å². The minimum atomic E-state index is 0.567. The first-order chi connectivity index (χ1) is 13.0. The lowest BCUT2D eigenvalue weighted by atomic mass is 10.0. The summed E-state index contributed by atoms with van der Waals surface area (Å²) in [4.78, 5) is 9.89. The van der Waals surface area contributed by atoms with Crippen molar-refractivity contribution < 1.29 is 0 Å². The molecular formula is C23H36N4. The van der Waals surface area contributed by atoms with E-state index in [1.54, 1.807) is 0 Å². The summed E-state index contributed by atoms with van der Waals surface area (Å²) in [6.45, 7) is 8.76. The van der Waals surface area contributed by atoms with E-state index in [0.717, 1.165) is 31.7 Å². The summed E-state index contributed by atoms with van der Waals surface area (Å²) in [7, 11) is 4.37. The van der Waals surface area contributed by atoms with Gasteiger partial charge in [0.2, 0.25) is 0 Å². The zero-order valence-electron chi connectivity index (χ0n) is 17.5. The van der Waals surface area contributed by atoms with Crippen LogP contribution in [0, 0.1) is 5.92 Å². The van der Waals surface area contributed by atoms with Gasteiger partial charge in [-0.05, 0) is 57.8 Å². The molecule has 0 bridgehead atoms. The van der Waals surface area contributed by atoms with Gasteiger partial charge in [-0.25, -0.2) is 4.98 Å². The second-order valence-corrected chi connectivity index (χ2v) is 8.59. The van der Waals surface area contributed by atoms with Crippen molar-refractivity contribution in [3.8, 4) is 0 Å². The van der Waals surface area contributed by atoms with Gasteiger partial charge in [-0.2, -0.15) is 0 Å². The Kier molecular flexibility index (Phi) is 7.08. The highest BCUT2D eigenvalue weighted by Gasteiger charge is 2.18. The van der Waals surface area contributed by atoms with Gasteiger partial charge in [0.1, 0.15) is 5.82 Å². The standard InChI is InChI=1S/C23H36N4/c1-18(2)14-21(26(3)4)17-24-16-20-15-19-10-6-7-11-22(19)25-23(20)27-12-8-5-9-13-27/h6-7,10-11,15,18,21,24H,5,8-9,12-14,16-17H2,1-4H3. The van der Waals surface area contributed by atoms with Crippen LogP contribution >= 0.6 is 0 Å². The number of hydrogen-bond acceptors (Lipinski definition) is 4. The van der Waals surface area contributed by atoms with Crippen LogP contribution in [-0.2, 0) is 6.54 Å². The molecule has 0 aliphatic carbocycles. The number of nitrogens with zero attached hydrogens (tertiary/aromatic N) is 3. The fourth-order valence-electron chi connectivity index (χ4n) is 4.05. The molecule has 1 atom stereocenters. The van der Waals surface area contributed by atoms with Crippen LogP contribution in [0.4, 0.5) is 5.82 Å². The Morgan fingerprint density at radius 2 is 1.85 bits per heavy atom. The van der Waals surface area contributed by atoms with Crippen molar-refractivity contribution in [2.75, 3.05) is 38.6 Å². The van der Waals surface area contributed by atoms with E-state index < -0.39 is 0 Å². The van der Waals surface area contributed by atoms with Gasteiger partial charge in [-0.3, -0.25) is 0 Å². The number of likely N-dealkylation sites (N-methyl/N-ethyl adjacent to an activating group) is 1. The third kappa shape index (κ3) is 5.43. The molecule has 1 N–H and O–H groups in total. The summed E-state index contributed by atoms with van der Waals surface area (Å²) >= 11 is 0. The molecule has 148 valence electrons. The van der Waals surface area contributed by atoms with E-state index in [4.69, 9.17) is 4.98 Å². The summed E-state index contributed by atoms with van der Waals surface area (Å²) in [5, 5.41) is 4.96. The van der Waals surface area contributed by atoms with E-state index in [-0.39, 0.29) is 0 Å². The second-order valence-electron chi connectivity index (χ2n) is 8.59. The van der Waals surface area contributed by atoms with E-state index in [2.05, 4.69) is 73.4 Å². The number of hydrogen-bond donors (Lipinski definition) is 1. The fourth-order valence-corrected chi connectivity index (χ4v) is 4.05. The topological polar surface area (TPSA) is 31.4 Å². The maximum atomic E-state index is 5.06. The van der Waals surface area contributed by atoms with Crippen molar-refractivity contribution in [1.29, 1.82) is 0 Å². The van der Waals surface area contributed by atoms with E-state index in [1.807, 2.05) is 0 Å². The van der Waals surface area contributed by atoms with Gasteiger partial charge in [0.05, 0.1) is 5.52 Å². The van der Waals surface area contributed by atoms with Crippen LogP contribution in [0.2, 0.25) is 0 Å². The highest BCUT2D eigenvalue weighted by molar-refractivity contribution is 5.81. The summed E-state index contributed by atoms with van der Waals surface area (Å²) < 4.78 is 0. The van der Waals surface area contributed by atoms with Crippen LogP contribution in [0.1, 0.15) is 45.1 Å². The molecule has 27 heavy (non-hydrogen) atoms. The number of benzene rings is 1. The lowest BCUT2D eigenvalue weighted by molar-refractivity contribution is 0.246. The molecule has 0 saturated carbocycles. The Balaban J connectivity index is 1.77. The molecule has 0 amide bonds. The van der Waals surface area contributed by atoms with Crippen LogP contribution in [-0.4, -0.2) is 49.7 Å². The van der Waals surface area contributed by atoms with Gasteiger partial charge < -0.3 is 15.1 Å². The number of fused-ring (bicyclic) bond motifs is 1. The van der Waals surface area contributed by atoms with Gasteiger partial charge in [0, 0.05) is 43.2 Å². The minimum Gasteiger partial charge on any atom is -0.356 e. The molecule has 1 aliphatic heterocycles. The first-order valence-corrected chi connectivity index (χ1v) is 10.6. The van der Waals surface area contributed by atoms with Crippen LogP contribution in [0.5, 0.6) is 0 Å². The molecule has 4 nitrogen and oxygen atoms in total. The second kappa shape index (κ2) is 9.52. The Morgan fingerprint density at radius 3 is 2.56 bits per heavy atom. The summed E-state index contributed by atoms with van der Waals surface area (Å²) in [5.41, 5.74) is 2.44. The first-order valence-electron chi connectivity index (χ1n) is 10.6. The van der Waals surface area contributed by atoms with Gasteiger partial charge in [-0.1, -0.05) is 32.0 Å². The third-order valence-corrected chi connectivity index (χ3v) is 5.60. The van der Waals surface area contributed by atoms with Crippen molar-refractivity contribution in [1.82, 2.24) is 15.2 Å². The molecule has 1 unspecified atom stereocenters. The lowest BCUT2D eigenvalue weighted by Gasteiger charge is -2.30. The smallest absolute Gasteiger partial charge is 0.133 e. The highest BCUT2D eigenvalue weighted by Crippen LogP contribution is 2.26. The normalized spacial score (nSPS) is 16.4. The molecule has 1 aromatic carbocycles. The highest BCUT2D eigenvalue weighted by atomic mass is 15.2. The number of aromatic nitrogens is 1. The molecular weight excluding hydrogens is 332 g/mol. The molecule has 1 fully saturated rings. The molecule has 0 radical (unpaired) electrons. The van der Waals surface area contributed by atoms with Gasteiger partial charge in [0.25, 0.3) is 0 Å². The zero-order chi connectivity index (χ0) is 19.2. The first kappa shape index (κ1) is 20.1. The Bertz CT molecular complexity index is 719. The van der Waals surface area contributed by atoms with E-state index in [9.17, 15) is 0 Å². The number of pyridine rings is 1. The van der Waals surface area contributed by atoms with Crippen molar-refractivity contribution in [3.63, 3.8) is 0 Å². The predicted molar refractivity (Wildman–Crippen MR) is 116 cm³/mol. The molecule has 2 aromatic rings. The van der Waals surface area contributed by atoms with Crippen LogP contribution < -0.4 is 10.2 Å². The SMILES string of the molecule is CC(C)CC(CNCc1cc2ccccc2nc1N1CCCCC1)N(C)C. The Morgan fingerprint density at radius 1 is 1.11 bits per heavy atom. The predicted octanol–water partition coefficient (Wildman–Crippen LogP) is 4.29. The third-order valence-electron chi connectivity index (χ3n) is 5.60. The maximum absolute atomic E-state index is 5.06. The number of piperidine rings is 1. The van der Waals surface area contributed by atoms with Gasteiger partial charge >= 0.3 is 0 Å². The molecule has 0 spiro atoms. The van der Waals surface area contributed by atoms with Crippen LogP contribution in [0.25, 0.3) is 10.9 Å². The molecule has 1 aromatic heterocycles. The number of para-hydroxylation sites is 1. The average Bonchev–Trinajstić information content (AvgIpc) is 2.67. The van der Waals surface area contributed by atoms with Crippen molar-refractivity contribution in [2.24, 2.45) is 5.92 Å². The van der Waals surface area contributed by atoms with Gasteiger partial charge in [-0.15, -0.1) is 0 Å². The fraction of sp³-hybridized carbons (Fsp3) is 0.609. The molecule has 1 saturated heterocycles. The zero-order valence-corrected chi connectivity index (χ0v) is 17.5. The van der Waals surface area contributed by atoms with Crippen LogP contribution in [0.15, 0.2) is 30.3 Å². The van der Waals surface area contributed by atoms with Crippen molar-refractivity contribution in [2.45, 2.75) is 52.1 Å². The average molecular weight is 369 g/mol. The minimum absolute atomic E-state index is 0.567. The number of rotatable bonds is 8. The molecule has 1 aliphatic rings. The maximum Gasteiger partial charge on any atom is 0.133 e. The largest absolute Gasteiger partial charge is 0.356 e. The summed E-state index contributed by atoms with van der Waals surface area (Å²) in [6.07, 6.45) is 5.11. The quantitative estimate of drug-likeness (QED) is 0.753. The van der Waals surface area contributed by atoms with Crippen molar-refractivity contribution >= 4 is 16.7 Å².